The molecule has 0 spiro atoms. The number of hydrogen-bond donors (Lipinski definition) is 1. The van der Waals surface area contributed by atoms with Gasteiger partial charge in [0.05, 0.1) is 5.56 Å². The Labute approximate surface area is 112 Å². The first-order valence-electron chi connectivity index (χ1n) is 6.90. The third-order valence-corrected chi connectivity index (χ3v) is 4.03. The Morgan fingerprint density at radius 2 is 1.79 bits per heavy atom. The third kappa shape index (κ3) is 3.72. The summed E-state index contributed by atoms with van der Waals surface area (Å²) < 4.78 is 38.7. The van der Waals surface area contributed by atoms with E-state index >= 15 is 0 Å². The van der Waals surface area contributed by atoms with E-state index in [0.717, 1.165) is 12.5 Å². The molecule has 2 rings (SSSR count). The molecule has 0 bridgehead atoms. The normalized spacial score (nSPS) is 18.7. The second-order valence-electron chi connectivity index (χ2n) is 5.42. The van der Waals surface area contributed by atoms with Gasteiger partial charge in [0.2, 0.25) is 0 Å². The van der Waals surface area contributed by atoms with Crippen molar-refractivity contribution in [1.29, 1.82) is 0 Å². The van der Waals surface area contributed by atoms with Gasteiger partial charge in [-0.05, 0) is 30.4 Å². The van der Waals surface area contributed by atoms with Gasteiger partial charge in [0, 0.05) is 6.04 Å². The molecule has 1 aromatic rings. The Morgan fingerprint density at radius 1 is 1.16 bits per heavy atom. The van der Waals surface area contributed by atoms with Gasteiger partial charge >= 0.3 is 6.18 Å². The topological polar surface area (TPSA) is 26.0 Å². The van der Waals surface area contributed by atoms with E-state index in [4.69, 9.17) is 5.73 Å². The van der Waals surface area contributed by atoms with E-state index < -0.39 is 17.8 Å². The summed E-state index contributed by atoms with van der Waals surface area (Å²) in [5.41, 5.74) is 5.61. The van der Waals surface area contributed by atoms with Crippen LogP contribution in [0.5, 0.6) is 0 Å². The van der Waals surface area contributed by atoms with Crippen molar-refractivity contribution in [2.24, 2.45) is 11.7 Å². The van der Waals surface area contributed by atoms with Crippen LogP contribution in [0.15, 0.2) is 24.3 Å². The van der Waals surface area contributed by atoms with Crippen molar-refractivity contribution in [2.75, 3.05) is 0 Å². The van der Waals surface area contributed by atoms with Crippen molar-refractivity contribution in [3.05, 3.63) is 35.4 Å². The molecule has 19 heavy (non-hydrogen) atoms. The van der Waals surface area contributed by atoms with E-state index in [1.807, 2.05) is 0 Å². The first-order chi connectivity index (χ1) is 8.98. The lowest BCUT2D eigenvalue weighted by molar-refractivity contribution is -0.138. The van der Waals surface area contributed by atoms with Gasteiger partial charge < -0.3 is 5.73 Å². The summed E-state index contributed by atoms with van der Waals surface area (Å²) >= 11 is 0. The Hall–Kier alpha value is -1.03. The molecular weight excluding hydrogens is 251 g/mol. The molecule has 0 aliphatic heterocycles. The van der Waals surface area contributed by atoms with Crippen molar-refractivity contribution in [3.8, 4) is 0 Å². The average Bonchev–Trinajstić information content (AvgIpc) is 2.88. The van der Waals surface area contributed by atoms with Crippen LogP contribution in [0, 0.1) is 5.92 Å². The largest absolute Gasteiger partial charge is 0.416 e. The number of nitrogens with two attached hydrogens (primary N) is 1. The standard InChI is InChI=1S/C15H20F3N/c16-15(17,18)13-8-4-3-7-12(13)14(19)10-9-11-5-1-2-6-11/h3-4,7-8,11,14H,1-2,5-6,9-10,19H2. The minimum Gasteiger partial charge on any atom is -0.324 e. The van der Waals surface area contributed by atoms with Crippen molar-refractivity contribution >= 4 is 0 Å². The highest BCUT2D eigenvalue weighted by molar-refractivity contribution is 5.32. The minimum atomic E-state index is -4.32. The fourth-order valence-corrected chi connectivity index (χ4v) is 2.95. The van der Waals surface area contributed by atoms with Crippen LogP contribution in [-0.4, -0.2) is 0 Å². The van der Waals surface area contributed by atoms with Crippen molar-refractivity contribution in [1.82, 2.24) is 0 Å². The molecule has 0 heterocycles. The molecule has 106 valence electrons. The zero-order valence-electron chi connectivity index (χ0n) is 10.9. The second-order valence-corrected chi connectivity index (χ2v) is 5.42. The fourth-order valence-electron chi connectivity index (χ4n) is 2.95. The summed E-state index contributed by atoms with van der Waals surface area (Å²) in [5.74, 6) is 0.657. The zero-order chi connectivity index (χ0) is 13.9. The fraction of sp³-hybridized carbons (Fsp3) is 0.600. The lowest BCUT2D eigenvalue weighted by atomic mass is 9.93. The number of halogens is 3. The molecule has 1 atom stereocenters. The molecule has 1 fully saturated rings. The first-order valence-corrected chi connectivity index (χ1v) is 6.90. The van der Waals surface area contributed by atoms with Crippen molar-refractivity contribution in [3.63, 3.8) is 0 Å². The van der Waals surface area contributed by atoms with Crippen LogP contribution in [0.3, 0.4) is 0 Å². The van der Waals surface area contributed by atoms with Crippen LogP contribution in [0.2, 0.25) is 0 Å². The Bertz CT molecular complexity index is 408. The lowest BCUT2D eigenvalue weighted by Crippen LogP contribution is -2.18. The van der Waals surface area contributed by atoms with Crippen LogP contribution in [0.25, 0.3) is 0 Å². The molecule has 2 N–H and O–H groups in total. The molecule has 1 aliphatic carbocycles. The summed E-state index contributed by atoms with van der Waals surface area (Å²) in [6.07, 6.45) is 2.16. The maximum Gasteiger partial charge on any atom is 0.416 e. The van der Waals surface area contributed by atoms with Gasteiger partial charge in [0.1, 0.15) is 0 Å². The summed E-state index contributed by atoms with van der Waals surface area (Å²) in [6.45, 7) is 0. The van der Waals surface area contributed by atoms with Crippen LogP contribution in [0.4, 0.5) is 13.2 Å². The van der Waals surface area contributed by atoms with Gasteiger partial charge in [-0.25, -0.2) is 0 Å². The number of alkyl halides is 3. The van der Waals surface area contributed by atoms with Crippen LogP contribution in [-0.2, 0) is 6.18 Å². The Kier molecular flexibility index (Phi) is 4.50. The van der Waals surface area contributed by atoms with E-state index in [-0.39, 0.29) is 5.56 Å². The predicted octanol–water partition coefficient (Wildman–Crippen LogP) is 4.68. The maximum atomic E-state index is 12.9. The minimum absolute atomic E-state index is 0.230. The summed E-state index contributed by atoms with van der Waals surface area (Å²) in [6, 6.07) is 5.14. The van der Waals surface area contributed by atoms with Gasteiger partial charge in [0.25, 0.3) is 0 Å². The Morgan fingerprint density at radius 3 is 2.42 bits per heavy atom. The van der Waals surface area contributed by atoms with Gasteiger partial charge in [-0.3, -0.25) is 0 Å². The first kappa shape index (κ1) is 14.4. The smallest absolute Gasteiger partial charge is 0.324 e. The molecular formula is C15H20F3N. The van der Waals surface area contributed by atoms with Crippen LogP contribution < -0.4 is 5.73 Å². The highest BCUT2D eigenvalue weighted by Crippen LogP contribution is 2.36. The molecule has 1 aromatic carbocycles. The second kappa shape index (κ2) is 5.95. The van der Waals surface area contributed by atoms with Gasteiger partial charge in [-0.1, -0.05) is 43.9 Å². The summed E-state index contributed by atoms with van der Waals surface area (Å²) in [7, 11) is 0. The highest BCUT2D eigenvalue weighted by atomic mass is 19.4. The van der Waals surface area contributed by atoms with Crippen LogP contribution in [0.1, 0.15) is 55.7 Å². The third-order valence-electron chi connectivity index (χ3n) is 4.03. The highest BCUT2D eigenvalue weighted by Gasteiger charge is 2.34. The molecule has 1 aliphatic rings. The quantitative estimate of drug-likeness (QED) is 0.845. The number of hydrogen-bond acceptors (Lipinski definition) is 1. The molecule has 0 saturated heterocycles. The predicted molar refractivity (Wildman–Crippen MR) is 69.6 cm³/mol. The van der Waals surface area contributed by atoms with Gasteiger partial charge in [0.15, 0.2) is 0 Å². The van der Waals surface area contributed by atoms with E-state index in [0.29, 0.717) is 12.3 Å². The summed E-state index contributed by atoms with van der Waals surface area (Å²) in [5, 5.41) is 0. The zero-order valence-corrected chi connectivity index (χ0v) is 10.9. The SMILES string of the molecule is NC(CCC1CCCC1)c1ccccc1C(F)(F)F. The number of benzene rings is 1. The monoisotopic (exact) mass is 271 g/mol. The summed E-state index contributed by atoms with van der Waals surface area (Å²) in [4.78, 5) is 0. The van der Waals surface area contributed by atoms with E-state index in [9.17, 15) is 13.2 Å². The average molecular weight is 271 g/mol. The van der Waals surface area contributed by atoms with E-state index in [1.54, 1.807) is 6.07 Å². The molecule has 0 amide bonds. The van der Waals surface area contributed by atoms with Crippen molar-refractivity contribution in [2.45, 2.75) is 50.7 Å². The Balaban J connectivity index is 2.03. The molecule has 1 unspecified atom stereocenters. The maximum absolute atomic E-state index is 12.9. The van der Waals surface area contributed by atoms with Gasteiger partial charge in [-0.2, -0.15) is 13.2 Å². The van der Waals surface area contributed by atoms with E-state index in [1.165, 1.54) is 37.8 Å². The molecule has 1 nitrogen and oxygen atoms in total. The van der Waals surface area contributed by atoms with E-state index in [2.05, 4.69) is 0 Å². The number of rotatable bonds is 4. The van der Waals surface area contributed by atoms with Crippen LogP contribution >= 0.6 is 0 Å². The molecule has 1 saturated carbocycles. The van der Waals surface area contributed by atoms with Crippen molar-refractivity contribution < 1.29 is 13.2 Å². The molecule has 4 heteroatoms. The lowest BCUT2D eigenvalue weighted by Gasteiger charge is -2.19. The van der Waals surface area contributed by atoms with Gasteiger partial charge in [-0.15, -0.1) is 0 Å². The molecule has 0 aromatic heterocycles. The molecule has 0 radical (unpaired) electrons.